The van der Waals surface area contributed by atoms with Crippen LogP contribution in [0.4, 0.5) is 0 Å². The third-order valence-corrected chi connectivity index (χ3v) is 3.97. The fourth-order valence-corrected chi connectivity index (χ4v) is 2.66. The van der Waals surface area contributed by atoms with E-state index in [1.165, 1.54) is 25.3 Å². The molecule has 1 aromatic heterocycles. The fourth-order valence-electron chi connectivity index (χ4n) is 2.00. The van der Waals surface area contributed by atoms with Gasteiger partial charge in [0.2, 0.25) is 0 Å². The van der Waals surface area contributed by atoms with Crippen LogP contribution < -0.4 is 0 Å². The zero-order chi connectivity index (χ0) is 12.9. The molecule has 4 nitrogen and oxygen atoms in total. The van der Waals surface area contributed by atoms with Crippen molar-refractivity contribution < 1.29 is 8.42 Å². The lowest BCUT2D eigenvalue weighted by Gasteiger charge is -2.21. The summed E-state index contributed by atoms with van der Waals surface area (Å²) in [6.45, 7) is 4.00. The molecular weight excluding hydrogens is 260 g/mol. The summed E-state index contributed by atoms with van der Waals surface area (Å²) in [5, 5.41) is 3.96. The summed E-state index contributed by atoms with van der Waals surface area (Å²) >= 11 is 0. The van der Waals surface area contributed by atoms with Gasteiger partial charge >= 0.3 is 0 Å². The molecule has 17 heavy (non-hydrogen) atoms. The Hall–Kier alpha value is -0.550. The molecule has 1 heterocycles. The van der Waals surface area contributed by atoms with Gasteiger partial charge in [-0.25, -0.2) is 8.42 Å². The molecule has 0 N–H and O–H groups in total. The van der Waals surface area contributed by atoms with Crippen LogP contribution in [0.25, 0.3) is 0 Å². The van der Waals surface area contributed by atoms with Crippen molar-refractivity contribution in [2.24, 2.45) is 0 Å². The molecule has 6 heteroatoms. The molecule has 0 atom stereocenters. The maximum absolute atomic E-state index is 11.0. The highest BCUT2D eigenvalue weighted by Gasteiger charge is 2.19. The van der Waals surface area contributed by atoms with Gasteiger partial charge in [-0.1, -0.05) is 33.1 Å². The van der Waals surface area contributed by atoms with Crippen molar-refractivity contribution in [2.45, 2.75) is 57.0 Å². The summed E-state index contributed by atoms with van der Waals surface area (Å²) in [7, 11) is 1.53. The molecule has 0 aliphatic heterocycles. The third kappa shape index (κ3) is 4.00. The van der Waals surface area contributed by atoms with E-state index in [-0.39, 0.29) is 5.03 Å². The van der Waals surface area contributed by atoms with Crippen LogP contribution in [-0.2, 0) is 9.05 Å². The molecular formula is C11H19ClN2O2S. The second-order valence-electron chi connectivity index (χ2n) is 3.86. The lowest BCUT2D eigenvalue weighted by molar-refractivity contribution is 0.326. The predicted molar refractivity (Wildman–Crippen MR) is 68.7 cm³/mol. The molecule has 0 saturated heterocycles. The van der Waals surface area contributed by atoms with E-state index in [2.05, 4.69) is 5.10 Å². The van der Waals surface area contributed by atoms with Crippen molar-refractivity contribution in [3.8, 4) is 0 Å². The minimum absolute atomic E-state index is 0.0465. The smallest absolute Gasteiger partial charge is 0.268 e. The van der Waals surface area contributed by atoms with Crippen LogP contribution in [0.1, 0.15) is 52.0 Å². The first-order valence-electron chi connectivity index (χ1n) is 6.07. The Labute approximate surface area is 107 Å². The Balaban J connectivity index is 0.000000686. The Morgan fingerprint density at radius 2 is 1.88 bits per heavy atom. The van der Waals surface area contributed by atoms with E-state index in [0.29, 0.717) is 6.04 Å². The van der Waals surface area contributed by atoms with Gasteiger partial charge in [0.25, 0.3) is 9.05 Å². The van der Waals surface area contributed by atoms with E-state index in [1.807, 2.05) is 13.8 Å². The van der Waals surface area contributed by atoms with Crippen LogP contribution in [0.5, 0.6) is 0 Å². The molecule has 0 spiro atoms. The molecule has 1 fully saturated rings. The van der Waals surface area contributed by atoms with E-state index < -0.39 is 9.05 Å². The molecule has 0 aromatic carbocycles. The molecule has 1 aliphatic carbocycles. The fraction of sp³-hybridized carbons (Fsp3) is 0.727. The van der Waals surface area contributed by atoms with Crippen molar-refractivity contribution in [1.29, 1.82) is 0 Å². The standard InChI is InChI=1S/C9H13ClN2O2S.C2H6/c10-15(13,14)9-6-7-12(11-9)8-4-2-1-3-5-8;1-2/h6-8H,1-5H2;1-2H3. The monoisotopic (exact) mass is 278 g/mol. The first kappa shape index (κ1) is 14.5. The summed E-state index contributed by atoms with van der Waals surface area (Å²) in [6.07, 6.45) is 7.48. The number of rotatable bonds is 2. The Morgan fingerprint density at radius 3 is 2.35 bits per heavy atom. The van der Waals surface area contributed by atoms with Gasteiger partial charge in [0, 0.05) is 16.9 Å². The van der Waals surface area contributed by atoms with Gasteiger partial charge in [-0.15, -0.1) is 0 Å². The predicted octanol–water partition coefficient (Wildman–Crippen LogP) is 3.34. The number of halogens is 1. The SMILES string of the molecule is CC.O=S(=O)(Cl)c1ccn(C2CCCCC2)n1. The van der Waals surface area contributed by atoms with Gasteiger partial charge < -0.3 is 0 Å². The largest absolute Gasteiger partial charge is 0.280 e. The minimum Gasteiger partial charge on any atom is -0.268 e. The highest BCUT2D eigenvalue weighted by Crippen LogP contribution is 2.28. The van der Waals surface area contributed by atoms with Gasteiger partial charge in [0.15, 0.2) is 5.03 Å². The van der Waals surface area contributed by atoms with Crippen molar-refractivity contribution >= 4 is 19.7 Å². The average Bonchev–Trinajstić information content (AvgIpc) is 2.82. The third-order valence-electron chi connectivity index (χ3n) is 2.78. The van der Waals surface area contributed by atoms with Crippen LogP contribution in [0.3, 0.4) is 0 Å². The molecule has 2 rings (SSSR count). The maximum Gasteiger partial charge on any atom is 0.280 e. The van der Waals surface area contributed by atoms with Crippen LogP contribution in [0.2, 0.25) is 0 Å². The highest BCUT2D eigenvalue weighted by atomic mass is 35.7. The lowest BCUT2D eigenvalue weighted by Crippen LogP contribution is -2.13. The number of aromatic nitrogens is 2. The maximum atomic E-state index is 11.0. The Kier molecular flexibility index (Phi) is 5.46. The Morgan fingerprint density at radius 1 is 1.29 bits per heavy atom. The number of nitrogens with zero attached hydrogens (tertiary/aromatic N) is 2. The first-order valence-corrected chi connectivity index (χ1v) is 8.38. The topological polar surface area (TPSA) is 52.0 Å². The van der Waals surface area contributed by atoms with Gasteiger partial charge in [-0.2, -0.15) is 5.10 Å². The van der Waals surface area contributed by atoms with Crippen LogP contribution in [-0.4, -0.2) is 18.2 Å². The minimum atomic E-state index is -3.68. The molecule has 0 radical (unpaired) electrons. The summed E-state index contributed by atoms with van der Waals surface area (Å²) in [4.78, 5) is 0. The average molecular weight is 279 g/mol. The van der Waals surface area contributed by atoms with E-state index >= 15 is 0 Å². The summed E-state index contributed by atoms with van der Waals surface area (Å²) in [5.41, 5.74) is 0. The van der Waals surface area contributed by atoms with Crippen LogP contribution in [0.15, 0.2) is 17.3 Å². The second kappa shape index (κ2) is 6.40. The van der Waals surface area contributed by atoms with Crippen molar-refractivity contribution in [2.75, 3.05) is 0 Å². The molecule has 0 unspecified atom stereocenters. The molecule has 1 aliphatic rings. The van der Waals surface area contributed by atoms with Gasteiger partial charge in [-0.05, 0) is 18.9 Å². The van der Waals surface area contributed by atoms with Crippen LogP contribution >= 0.6 is 10.7 Å². The van der Waals surface area contributed by atoms with Gasteiger partial charge in [0.05, 0.1) is 6.04 Å². The van der Waals surface area contributed by atoms with E-state index in [4.69, 9.17) is 10.7 Å². The Bertz CT molecular complexity index is 436. The van der Waals surface area contributed by atoms with E-state index in [1.54, 1.807) is 10.9 Å². The van der Waals surface area contributed by atoms with Crippen molar-refractivity contribution in [1.82, 2.24) is 9.78 Å². The summed E-state index contributed by atoms with van der Waals surface area (Å²) < 4.78 is 23.8. The van der Waals surface area contributed by atoms with Crippen molar-refractivity contribution in [3.63, 3.8) is 0 Å². The molecule has 0 bridgehead atoms. The van der Waals surface area contributed by atoms with E-state index in [9.17, 15) is 8.42 Å². The summed E-state index contributed by atoms with van der Waals surface area (Å²) in [5.74, 6) is 0. The molecule has 98 valence electrons. The number of hydrogen-bond donors (Lipinski definition) is 0. The highest BCUT2D eigenvalue weighted by molar-refractivity contribution is 8.13. The second-order valence-corrected chi connectivity index (χ2v) is 6.38. The summed E-state index contributed by atoms with van der Waals surface area (Å²) in [6, 6.07) is 1.79. The van der Waals surface area contributed by atoms with Crippen LogP contribution in [0, 0.1) is 0 Å². The van der Waals surface area contributed by atoms with Gasteiger partial charge in [-0.3, -0.25) is 4.68 Å². The molecule has 0 amide bonds. The quantitative estimate of drug-likeness (QED) is 0.780. The van der Waals surface area contributed by atoms with E-state index in [0.717, 1.165) is 12.8 Å². The zero-order valence-corrected chi connectivity index (χ0v) is 11.8. The lowest BCUT2D eigenvalue weighted by atomic mass is 9.96. The normalized spacial score (nSPS) is 17.4. The zero-order valence-electron chi connectivity index (χ0n) is 10.3. The number of hydrogen-bond acceptors (Lipinski definition) is 3. The molecule has 1 saturated carbocycles. The van der Waals surface area contributed by atoms with Crippen molar-refractivity contribution in [3.05, 3.63) is 12.3 Å². The first-order chi connectivity index (χ1) is 8.07. The molecule has 1 aromatic rings. The van der Waals surface area contributed by atoms with Gasteiger partial charge in [0.1, 0.15) is 0 Å².